The molecule has 3 heteroatoms. The molecule has 1 rings (SSSR count). The number of rotatable bonds is 4. The van der Waals surface area contributed by atoms with Gasteiger partial charge in [0.15, 0.2) is 0 Å². The largest absolute Gasteiger partial charge is 0.497 e. The minimum absolute atomic E-state index is 0.0159. The number of hydrogen-bond acceptors (Lipinski definition) is 2. The van der Waals surface area contributed by atoms with E-state index in [2.05, 4.69) is 5.32 Å². The zero-order valence-electron chi connectivity index (χ0n) is 10.8. The van der Waals surface area contributed by atoms with Gasteiger partial charge in [-0.3, -0.25) is 4.79 Å². The molecule has 1 amide bonds. The molecule has 0 unspecified atom stereocenters. The molecule has 3 nitrogen and oxygen atoms in total. The Labute approximate surface area is 102 Å². The van der Waals surface area contributed by atoms with E-state index in [0.717, 1.165) is 5.75 Å². The molecule has 0 saturated heterocycles. The second-order valence-corrected chi connectivity index (χ2v) is 4.01. The summed E-state index contributed by atoms with van der Waals surface area (Å²) in [4.78, 5) is 10.7. The van der Waals surface area contributed by atoms with E-state index in [9.17, 15) is 4.79 Å². The van der Waals surface area contributed by atoms with E-state index in [1.807, 2.05) is 38.1 Å². The zero-order chi connectivity index (χ0) is 12.8. The Morgan fingerprint density at radius 1 is 1.35 bits per heavy atom. The molecule has 1 N–H and O–H groups in total. The lowest BCUT2D eigenvalue weighted by Crippen LogP contribution is -2.19. The summed E-state index contributed by atoms with van der Waals surface area (Å²) in [6.07, 6.45) is 3.98. The molecule has 0 aromatic heterocycles. The zero-order valence-corrected chi connectivity index (χ0v) is 10.8. The highest BCUT2D eigenvalue weighted by molar-refractivity contribution is 5.73. The Hall–Kier alpha value is -1.77. The molecular formula is C14H19NO2. The highest BCUT2D eigenvalue weighted by atomic mass is 16.5. The predicted octanol–water partition coefficient (Wildman–Crippen LogP) is 2.46. The lowest BCUT2D eigenvalue weighted by Gasteiger charge is -2.08. The van der Waals surface area contributed by atoms with Crippen LogP contribution in [-0.2, 0) is 4.79 Å². The molecule has 0 aliphatic carbocycles. The lowest BCUT2D eigenvalue weighted by molar-refractivity contribution is -0.118. The first kappa shape index (κ1) is 13.3. The van der Waals surface area contributed by atoms with Crippen molar-refractivity contribution in [3.63, 3.8) is 0 Å². The van der Waals surface area contributed by atoms with Gasteiger partial charge in [0.05, 0.1) is 7.11 Å². The third-order valence-corrected chi connectivity index (χ3v) is 2.56. The number of ether oxygens (including phenoxy) is 1. The summed E-state index contributed by atoms with van der Waals surface area (Å²) in [6.45, 7) is 6.17. The number of aryl methyl sites for hydroxylation is 2. The normalized spacial score (nSPS) is 10.6. The van der Waals surface area contributed by atoms with Gasteiger partial charge in [0, 0.05) is 13.5 Å². The van der Waals surface area contributed by atoms with Crippen LogP contribution in [0.15, 0.2) is 18.2 Å². The third-order valence-electron chi connectivity index (χ3n) is 2.56. The second-order valence-electron chi connectivity index (χ2n) is 4.01. The van der Waals surface area contributed by atoms with E-state index in [4.69, 9.17) is 4.74 Å². The lowest BCUT2D eigenvalue weighted by atomic mass is 10.0. The fourth-order valence-corrected chi connectivity index (χ4v) is 1.70. The van der Waals surface area contributed by atoms with Crippen molar-refractivity contribution < 1.29 is 9.53 Å². The van der Waals surface area contributed by atoms with Crippen molar-refractivity contribution in [1.29, 1.82) is 0 Å². The van der Waals surface area contributed by atoms with Gasteiger partial charge in [0.1, 0.15) is 5.75 Å². The molecule has 0 spiro atoms. The van der Waals surface area contributed by atoms with Crippen LogP contribution >= 0.6 is 0 Å². The minimum Gasteiger partial charge on any atom is -0.497 e. The third kappa shape index (κ3) is 3.94. The topological polar surface area (TPSA) is 38.3 Å². The maximum Gasteiger partial charge on any atom is 0.217 e. The highest BCUT2D eigenvalue weighted by Gasteiger charge is 2.02. The molecule has 0 atom stereocenters. The van der Waals surface area contributed by atoms with Gasteiger partial charge in [0.25, 0.3) is 0 Å². The van der Waals surface area contributed by atoms with Gasteiger partial charge in [-0.05, 0) is 42.7 Å². The average Bonchev–Trinajstić information content (AvgIpc) is 2.26. The first-order valence-corrected chi connectivity index (χ1v) is 5.61. The van der Waals surface area contributed by atoms with Gasteiger partial charge in [-0.1, -0.05) is 12.2 Å². The summed E-state index contributed by atoms with van der Waals surface area (Å²) in [6, 6.07) is 4.01. The second kappa shape index (κ2) is 6.09. The Morgan fingerprint density at radius 2 is 1.94 bits per heavy atom. The van der Waals surface area contributed by atoms with E-state index in [1.165, 1.54) is 23.6 Å². The maximum atomic E-state index is 10.7. The summed E-state index contributed by atoms with van der Waals surface area (Å²) in [5.41, 5.74) is 3.51. The van der Waals surface area contributed by atoms with Gasteiger partial charge in [-0.2, -0.15) is 0 Å². The molecule has 0 saturated carbocycles. The van der Waals surface area contributed by atoms with Crippen molar-refractivity contribution >= 4 is 12.0 Å². The molecule has 92 valence electrons. The van der Waals surface area contributed by atoms with E-state index in [0.29, 0.717) is 6.54 Å². The van der Waals surface area contributed by atoms with Crippen molar-refractivity contribution in [2.45, 2.75) is 20.8 Å². The number of hydrogen-bond donors (Lipinski definition) is 1. The number of amides is 1. The number of methoxy groups -OCH3 is 1. The van der Waals surface area contributed by atoms with Gasteiger partial charge in [-0.15, -0.1) is 0 Å². The van der Waals surface area contributed by atoms with Crippen molar-refractivity contribution in [3.8, 4) is 5.75 Å². The number of nitrogens with one attached hydrogen (secondary N) is 1. The molecule has 0 aliphatic rings. The van der Waals surface area contributed by atoms with E-state index >= 15 is 0 Å². The number of benzene rings is 1. The molecule has 0 aliphatic heterocycles. The van der Waals surface area contributed by atoms with Gasteiger partial charge in [-0.25, -0.2) is 0 Å². The van der Waals surface area contributed by atoms with Crippen LogP contribution in [0.2, 0.25) is 0 Å². The quantitative estimate of drug-likeness (QED) is 0.867. The maximum absolute atomic E-state index is 10.7. The summed E-state index contributed by atoms with van der Waals surface area (Å²) in [7, 11) is 1.67. The van der Waals surface area contributed by atoms with Crippen molar-refractivity contribution in [2.75, 3.05) is 13.7 Å². The molecule has 1 aromatic rings. The van der Waals surface area contributed by atoms with Crippen molar-refractivity contribution in [1.82, 2.24) is 5.32 Å². The van der Waals surface area contributed by atoms with Crippen LogP contribution in [0.5, 0.6) is 5.75 Å². The van der Waals surface area contributed by atoms with Crippen molar-refractivity contribution in [2.24, 2.45) is 0 Å². The SMILES string of the molecule is COc1cc(C)c(C=CCNC(C)=O)c(C)c1. The van der Waals surface area contributed by atoms with Crippen LogP contribution < -0.4 is 10.1 Å². The Balaban J connectivity index is 2.80. The molecular weight excluding hydrogens is 214 g/mol. The highest BCUT2D eigenvalue weighted by Crippen LogP contribution is 2.22. The molecule has 1 aromatic carbocycles. The number of carbonyl (C=O) groups excluding carboxylic acids is 1. The Bertz CT molecular complexity index is 413. The minimum atomic E-state index is -0.0159. The molecule has 0 fully saturated rings. The van der Waals surface area contributed by atoms with Crippen LogP contribution in [0.4, 0.5) is 0 Å². The van der Waals surface area contributed by atoms with Gasteiger partial charge < -0.3 is 10.1 Å². The standard InChI is InChI=1S/C14H19NO2/c1-10-8-13(17-4)9-11(2)14(10)6-5-7-15-12(3)16/h5-6,8-9H,7H2,1-4H3,(H,15,16). The van der Waals surface area contributed by atoms with Crippen LogP contribution in [0.25, 0.3) is 6.08 Å². The van der Waals surface area contributed by atoms with Gasteiger partial charge in [0.2, 0.25) is 5.91 Å². The van der Waals surface area contributed by atoms with Gasteiger partial charge >= 0.3 is 0 Å². The first-order chi connectivity index (χ1) is 8.04. The molecule has 17 heavy (non-hydrogen) atoms. The van der Waals surface area contributed by atoms with Crippen LogP contribution in [-0.4, -0.2) is 19.6 Å². The summed E-state index contributed by atoms with van der Waals surface area (Å²) in [5, 5.41) is 2.73. The Morgan fingerprint density at radius 3 is 2.41 bits per heavy atom. The van der Waals surface area contributed by atoms with E-state index in [-0.39, 0.29) is 5.91 Å². The number of carbonyl (C=O) groups is 1. The summed E-state index contributed by atoms with van der Waals surface area (Å²) < 4.78 is 5.21. The van der Waals surface area contributed by atoms with Crippen LogP contribution in [0.1, 0.15) is 23.6 Å². The van der Waals surface area contributed by atoms with Crippen molar-refractivity contribution in [3.05, 3.63) is 34.9 Å². The first-order valence-electron chi connectivity index (χ1n) is 5.61. The monoisotopic (exact) mass is 233 g/mol. The van der Waals surface area contributed by atoms with E-state index < -0.39 is 0 Å². The van der Waals surface area contributed by atoms with Crippen LogP contribution in [0.3, 0.4) is 0 Å². The predicted molar refractivity (Wildman–Crippen MR) is 70.2 cm³/mol. The molecule has 0 bridgehead atoms. The molecule has 0 radical (unpaired) electrons. The Kier molecular flexibility index (Phi) is 4.76. The average molecular weight is 233 g/mol. The fraction of sp³-hybridized carbons (Fsp3) is 0.357. The smallest absolute Gasteiger partial charge is 0.217 e. The molecule has 0 heterocycles. The fourth-order valence-electron chi connectivity index (χ4n) is 1.70. The summed E-state index contributed by atoms with van der Waals surface area (Å²) >= 11 is 0. The van der Waals surface area contributed by atoms with E-state index in [1.54, 1.807) is 7.11 Å². The van der Waals surface area contributed by atoms with Crippen LogP contribution in [0, 0.1) is 13.8 Å². The summed E-state index contributed by atoms with van der Waals surface area (Å²) in [5.74, 6) is 0.858.